The number of primary amides is 1. The number of amides is 1. The van der Waals surface area contributed by atoms with Gasteiger partial charge >= 0.3 is 0 Å². The summed E-state index contributed by atoms with van der Waals surface area (Å²) < 4.78 is 10.5. The van der Waals surface area contributed by atoms with Gasteiger partial charge in [-0.25, -0.2) is 0 Å². The van der Waals surface area contributed by atoms with Crippen LogP contribution in [0.15, 0.2) is 24.4 Å². The first-order valence-corrected chi connectivity index (χ1v) is 8.71. The van der Waals surface area contributed by atoms with E-state index in [9.17, 15) is 0 Å². The van der Waals surface area contributed by atoms with Crippen LogP contribution in [-0.4, -0.2) is 37.8 Å². The van der Waals surface area contributed by atoms with E-state index in [1.165, 1.54) is 30.2 Å². The number of ether oxygens (including phenoxy) is 2. The maximum absolute atomic E-state index is 8.58. The van der Waals surface area contributed by atoms with Crippen LogP contribution in [0.2, 0.25) is 5.02 Å². The number of halogens is 1. The maximum Gasteiger partial charge on any atom is 0.204 e. The minimum Gasteiger partial charge on any atom is -0.381 e. The Morgan fingerprint density at radius 1 is 1.17 bits per heavy atom. The lowest BCUT2D eigenvalue weighted by atomic mass is 9.93. The molecule has 1 aromatic heterocycles. The van der Waals surface area contributed by atoms with E-state index in [2.05, 4.69) is 16.9 Å². The molecule has 24 heavy (non-hydrogen) atoms. The van der Waals surface area contributed by atoms with Crippen molar-refractivity contribution in [1.82, 2.24) is 4.98 Å². The number of aromatic nitrogens is 1. The highest BCUT2D eigenvalue weighted by atomic mass is 35.5. The van der Waals surface area contributed by atoms with Crippen LogP contribution in [0.1, 0.15) is 37.2 Å². The van der Waals surface area contributed by atoms with E-state index in [1.807, 2.05) is 18.2 Å². The van der Waals surface area contributed by atoms with Crippen LogP contribution < -0.4 is 5.73 Å². The fourth-order valence-corrected chi connectivity index (χ4v) is 3.12. The SMILES string of the molecule is C1CCOC1.Clc1ccc2[nH]cc([C@@H]3CCCOC3)c2c1.NC=O. The third kappa shape index (κ3) is 5.51. The lowest BCUT2D eigenvalue weighted by Gasteiger charge is -2.21. The van der Waals surface area contributed by atoms with E-state index in [4.69, 9.17) is 25.9 Å². The van der Waals surface area contributed by atoms with Crippen LogP contribution in [0, 0.1) is 0 Å². The van der Waals surface area contributed by atoms with E-state index in [0.29, 0.717) is 5.92 Å². The monoisotopic (exact) mass is 352 g/mol. The van der Waals surface area contributed by atoms with Crippen molar-refractivity contribution < 1.29 is 14.3 Å². The molecule has 2 aromatic rings. The highest BCUT2D eigenvalue weighted by Crippen LogP contribution is 2.32. The average molecular weight is 353 g/mol. The Bertz CT molecular complexity index is 612. The summed E-state index contributed by atoms with van der Waals surface area (Å²) in [6.07, 6.45) is 7.26. The van der Waals surface area contributed by atoms with Gasteiger partial charge in [-0.2, -0.15) is 0 Å². The molecule has 132 valence electrons. The zero-order valence-electron chi connectivity index (χ0n) is 13.8. The Kier molecular flexibility index (Phi) is 8.08. The van der Waals surface area contributed by atoms with Crippen LogP contribution >= 0.6 is 11.6 Å². The van der Waals surface area contributed by atoms with Gasteiger partial charge in [0.25, 0.3) is 0 Å². The minimum atomic E-state index is 0.250. The molecule has 0 saturated carbocycles. The van der Waals surface area contributed by atoms with E-state index < -0.39 is 0 Å². The summed E-state index contributed by atoms with van der Waals surface area (Å²) in [4.78, 5) is 11.9. The van der Waals surface area contributed by atoms with Crippen LogP contribution in [-0.2, 0) is 14.3 Å². The second-order valence-electron chi connectivity index (χ2n) is 5.80. The molecule has 6 heteroatoms. The van der Waals surface area contributed by atoms with Crippen LogP contribution in [0.5, 0.6) is 0 Å². The molecule has 0 radical (unpaired) electrons. The van der Waals surface area contributed by atoms with Crippen molar-refractivity contribution >= 4 is 28.9 Å². The number of aromatic amines is 1. The van der Waals surface area contributed by atoms with Gasteiger partial charge in [0.05, 0.1) is 6.61 Å². The van der Waals surface area contributed by atoms with Gasteiger partial charge in [0.2, 0.25) is 6.41 Å². The second kappa shape index (κ2) is 10.3. The number of fused-ring (bicyclic) bond motifs is 1. The van der Waals surface area contributed by atoms with Gasteiger partial charge < -0.3 is 20.2 Å². The first-order valence-electron chi connectivity index (χ1n) is 8.33. The smallest absolute Gasteiger partial charge is 0.204 e. The van der Waals surface area contributed by atoms with Gasteiger partial charge in [0.15, 0.2) is 0 Å². The Morgan fingerprint density at radius 2 is 1.88 bits per heavy atom. The Labute approximate surface area is 147 Å². The molecule has 3 N–H and O–H groups in total. The number of hydrogen-bond acceptors (Lipinski definition) is 3. The lowest BCUT2D eigenvalue weighted by Crippen LogP contribution is -2.15. The van der Waals surface area contributed by atoms with Crippen molar-refractivity contribution in [2.45, 2.75) is 31.6 Å². The molecule has 4 rings (SSSR count). The molecule has 2 aliphatic heterocycles. The third-order valence-corrected chi connectivity index (χ3v) is 4.34. The molecule has 1 amide bonds. The van der Waals surface area contributed by atoms with Crippen molar-refractivity contribution in [3.63, 3.8) is 0 Å². The number of hydrogen-bond donors (Lipinski definition) is 2. The van der Waals surface area contributed by atoms with Crippen LogP contribution in [0.3, 0.4) is 0 Å². The Balaban J connectivity index is 0.000000217. The standard InChI is InChI=1S/C13H14ClNO.C4H8O.CH3NO/c14-10-3-4-13-11(6-10)12(7-15-13)9-2-1-5-16-8-9;1-2-4-5-3-1;2-1-3/h3-4,6-7,9,15H,1-2,5,8H2;1-4H2;1H,(H2,2,3)/t9-;;/m1../s1. The zero-order valence-corrected chi connectivity index (χ0v) is 14.6. The number of nitrogens with two attached hydrogens (primary N) is 1. The highest BCUT2D eigenvalue weighted by molar-refractivity contribution is 6.31. The molecule has 2 fully saturated rings. The summed E-state index contributed by atoms with van der Waals surface area (Å²) in [5.41, 5.74) is 6.67. The molecular formula is C18H25ClN2O3. The van der Waals surface area contributed by atoms with Gasteiger partial charge in [-0.3, -0.25) is 4.79 Å². The molecule has 0 bridgehead atoms. The van der Waals surface area contributed by atoms with Crippen molar-refractivity contribution in [2.24, 2.45) is 5.73 Å². The number of benzene rings is 1. The third-order valence-electron chi connectivity index (χ3n) is 4.10. The molecule has 3 heterocycles. The molecule has 0 spiro atoms. The number of carbonyl (C=O) groups excluding carboxylic acids is 1. The predicted molar refractivity (Wildman–Crippen MR) is 96.4 cm³/mol. The van der Waals surface area contributed by atoms with Crippen LogP contribution in [0.25, 0.3) is 10.9 Å². The number of rotatable bonds is 1. The van der Waals surface area contributed by atoms with Gasteiger partial charge in [-0.05, 0) is 49.4 Å². The quantitative estimate of drug-likeness (QED) is 0.769. The van der Waals surface area contributed by atoms with E-state index in [1.54, 1.807) is 0 Å². The first-order chi connectivity index (χ1) is 11.8. The maximum atomic E-state index is 8.58. The fourth-order valence-electron chi connectivity index (χ4n) is 2.95. The molecule has 0 unspecified atom stereocenters. The Hall–Kier alpha value is -1.56. The molecule has 2 aliphatic rings. The van der Waals surface area contributed by atoms with Gasteiger partial charge in [-0.15, -0.1) is 0 Å². The lowest BCUT2D eigenvalue weighted by molar-refractivity contribution is -0.106. The molecule has 1 atom stereocenters. The topological polar surface area (TPSA) is 77.3 Å². The summed E-state index contributed by atoms with van der Waals surface area (Å²) in [6, 6.07) is 5.99. The summed E-state index contributed by atoms with van der Waals surface area (Å²) in [6.45, 7) is 3.74. The minimum absolute atomic E-state index is 0.250. The van der Waals surface area contributed by atoms with E-state index in [-0.39, 0.29) is 6.41 Å². The van der Waals surface area contributed by atoms with Crippen molar-refractivity contribution in [3.05, 3.63) is 35.0 Å². The Morgan fingerprint density at radius 3 is 2.46 bits per heavy atom. The number of H-pyrrole nitrogens is 1. The average Bonchev–Trinajstić information content (AvgIpc) is 3.29. The second-order valence-corrected chi connectivity index (χ2v) is 6.24. The fraction of sp³-hybridized carbons (Fsp3) is 0.500. The van der Waals surface area contributed by atoms with Crippen molar-refractivity contribution in [3.8, 4) is 0 Å². The molecule has 2 saturated heterocycles. The molecule has 1 aromatic carbocycles. The predicted octanol–water partition coefficient (Wildman–Crippen LogP) is 3.61. The van der Waals surface area contributed by atoms with E-state index in [0.717, 1.165) is 43.4 Å². The summed E-state index contributed by atoms with van der Waals surface area (Å²) in [5.74, 6) is 0.515. The van der Waals surface area contributed by atoms with Crippen molar-refractivity contribution in [1.29, 1.82) is 0 Å². The van der Waals surface area contributed by atoms with Crippen molar-refractivity contribution in [2.75, 3.05) is 26.4 Å². The molecule has 0 aliphatic carbocycles. The highest BCUT2D eigenvalue weighted by Gasteiger charge is 2.19. The summed E-state index contributed by atoms with van der Waals surface area (Å²) in [7, 11) is 0. The molecular weight excluding hydrogens is 328 g/mol. The largest absolute Gasteiger partial charge is 0.381 e. The van der Waals surface area contributed by atoms with E-state index >= 15 is 0 Å². The van der Waals surface area contributed by atoms with Gasteiger partial charge in [0, 0.05) is 47.9 Å². The van der Waals surface area contributed by atoms with Gasteiger partial charge in [0.1, 0.15) is 0 Å². The zero-order chi connectivity index (χ0) is 17.2. The number of nitrogens with one attached hydrogen (secondary N) is 1. The van der Waals surface area contributed by atoms with Crippen LogP contribution in [0.4, 0.5) is 0 Å². The first kappa shape index (κ1) is 18.8. The number of carbonyl (C=O) groups is 1. The molecule has 5 nitrogen and oxygen atoms in total. The summed E-state index contributed by atoms with van der Waals surface area (Å²) in [5, 5.41) is 2.04. The summed E-state index contributed by atoms with van der Waals surface area (Å²) >= 11 is 6.04. The van der Waals surface area contributed by atoms with Gasteiger partial charge in [-0.1, -0.05) is 11.6 Å². The normalized spacial score (nSPS) is 19.8.